The van der Waals surface area contributed by atoms with Crippen molar-refractivity contribution in [1.29, 1.82) is 0 Å². The van der Waals surface area contributed by atoms with Crippen LogP contribution in [0.3, 0.4) is 0 Å². The number of rotatable bonds is 4. The lowest BCUT2D eigenvalue weighted by Crippen LogP contribution is -2.09. The molecule has 1 aromatic heterocycles. The molecular formula is C11H8F2N4O3. The molecule has 0 saturated heterocycles. The van der Waals surface area contributed by atoms with Crippen LogP contribution in [-0.2, 0) is 0 Å². The summed E-state index contributed by atoms with van der Waals surface area (Å²) in [7, 11) is 0. The maximum Gasteiger partial charge on any atom is 0.278 e. The van der Waals surface area contributed by atoms with Crippen molar-refractivity contribution in [1.82, 2.24) is 4.98 Å². The van der Waals surface area contributed by atoms with E-state index in [4.69, 9.17) is 10.6 Å². The molecule has 0 saturated carbocycles. The fourth-order valence-corrected chi connectivity index (χ4v) is 1.43. The van der Waals surface area contributed by atoms with E-state index in [0.29, 0.717) is 6.07 Å². The fourth-order valence-electron chi connectivity index (χ4n) is 1.43. The third-order valence-corrected chi connectivity index (χ3v) is 2.20. The number of hydrogen-bond donors (Lipinski definition) is 2. The maximum absolute atomic E-state index is 13.0. The number of benzene rings is 1. The smallest absolute Gasteiger partial charge is 0.278 e. The number of nitro groups is 1. The largest absolute Gasteiger partial charge is 0.438 e. The molecule has 9 heteroatoms. The second kappa shape index (κ2) is 5.45. The second-order valence-corrected chi connectivity index (χ2v) is 3.66. The summed E-state index contributed by atoms with van der Waals surface area (Å²) >= 11 is 0. The Labute approximate surface area is 111 Å². The minimum absolute atomic E-state index is 0.0222. The summed E-state index contributed by atoms with van der Waals surface area (Å²) in [5.41, 5.74) is 1.79. The van der Waals surface area contributed by atoms with Gasteiger partial charge in [0.1, 0.15) is 17.4 Å². The number of nitrogens with two attached hydrogens (primary N) is 1. The van der Waals surface area contributed by atoms with Crippen molar-refractivity contribution in [3.05, 3.63) is 52.1 Å². The van der Waals surface area contributed by atoms with E-state index in [0.717, 1.165) is 24.3 Å². The van der Waals surface area contributed by atoms with Crippen LogP contribution < -0.4 is 16.0 Å². The van der Waals surface area contributed by atoms with Crippen LogP contribution in [0.5, 0.6) is 11.6 Å². The zero-order chi connectivity index (χ0) is 14.7. The van der Waals surface area contributed by atoms with Gasteiger partial charge in [0.15, 0.2) is 5.82 Å². The summed E-state index contributed by atoms with van der Waals surface area (Å²) in [5.74, 6) is 3.00. The molecule has 3 N–H and O–H groups in total. The molecule has 20 heavy (non-hydrogen) atoms. The lowest BCUT2D eigenvalue weighted by Gasteiger charge is -2.07. The molecule has 0 fully saturated rings. The van der Waals surface area contributed by atoms with Gasteiger partial charge in [0.2, 0.25) is 5.88 Å². The van der Waals surface area contributed by atoms with Crippen molar-refractivity contribution in [3.63, 3.8) is 0 Å². The number of halogens is 2. The quantitative estimate of drug-likeness (QED) is 0.507. The number of pyridine rings is 1. The highest BCUT2D eigenvalue weighted by molar-refractivity contribution is 5.48. The Morgan fingerprint density at radius 2 is 1.85 bits per heavy atom. The van der Waals surface area contributed by atoms with Crippen LogP contribution in [0.2, 0.25) is 0 Å². The van der Waals surface area contributed by atoms with Crippen LogP contribution in [0.1, 0.15) is 0 Å². The molecule has 2 rings (SSSR count). The van der Waals surface area contributed by atoms with Crippen molar-refractivity contribution in [2.45, 2.75) is 0 Å². The van der Waals surface area contributed by atoms with E-state index in [-0.39, 0.29) is 23.1 Å². The first-order valence-corrected chi connectivity index (χ1v) is 5.25. The van der Waals surface area contributed by atoms with Gasteiger partial charge in [0.05, 0.1) is 17.1 Å². The van der Waals surface area contributed by atoms with E-state index >= 15 is 0 Å². The number of hydrazine groups is 1. The standard InChI is InChI=1S/C11H8F2N4O3/c12-6-1-7(13)3-9(2-6)20-11-5-8(17(18)19)4-10(15-11)16-14/h1-5H,14H2,(H,15,16). The molecule has 1 heterocycles. The molecule has 2 aromatic rings. The number of aromatic nitrogens is 1. The number of nitrogens with zero attached hydrogens (tertiary/aromatic N) is 2. The highest BCUT2D eigenvalue weighted by Gasteiger charge is 2.13. The summed E-state index contributed by atoms with van der Waals surface area (Å²) in [5, 5.41) is 10.7. The topological polar surface area (TPSA) is 103 Å². The average molecular weight is 282 g/mol. The van der Waals surface area contributed by atoms with E-state index in [2.05, 4.69) is 10.4 Å². The van der Waals surface area contributed by atoms with Gasteiger partial charge in [-0.15, -0.1) is 0 Å². The molecule has 1 aromatic carbocycles. The number of nitrogens with one attached hydrogen (secondary N) is 1. The van der Waals surface area contributed by atoms with Gasteiger partial charge in [-0.05, 0) is 0 Å². The SMILES string of the molecule is NNc1cc([N+](=O)[O-])cc(Oc2cc(F)cc(F)c2)n1. The molecule has 0 aliphatic carbocycles. The van der Waals surface area contributed by atoms with Crippen LogP contribution in [0.4, 0.5) is 20.3 Å². The third-order valence-electron chi connectivity index (χ3n) is 2.20. The van der Waals surface area contributed by atoms with Gasteiger partial charge in [-0.3, -0.25) is 10.1 Å². The van der Waals surface area contributed by atoms with Crippen LogP contribution in [-0.4, -0.2) is 9.91 Å². The lowest BCUT2D eigenvalue weighted by molar-refractivity contribution is -0.384. The van der Waals surface area contributed by atoms with E-state index in [1.807, 2.05) is 0 Å². The molecule has 0 aliphatic heterocycles. The Kier molecular flexibility index (Phi) is 3.71. The Hall–Kier alpha value is -2.81. The van der Waals surface area contributed by atoms with Crippen molar-refractivity contribution in [2.75, 3.05) is 5.43 Å². The predicted molar refractivity (Wildman–Crippen MR) is 65.1 cm³/mol. The normalized spacial score (nSPS) is 10.2. The zero-order valence-corrected chi connectivity index (χ0v) is 9.84. The first-order chi connectivity index (χ1) is 9.47. The van der Waals surface area contributed by atoms with Gasteiger partial charge in [-0.2, -0.15) is 4.98 Å². The van der Waals surface area contributed by atoms with Crippen LogP contribution >= 0.6 is 0 Å². The van der Waals surface area contributed by atoms with Crippen molar-refractivity contribution in [3.8, 4) is 11.6 Å². The van der Waals surface area contributed by atoms with E-state index in [1.165, 1.54) is 0 Å². The molecular weight excluding hydrogens is 274 g/mol. The van der Waals surface area contributed by atoms with Crippen LogP contribution in [0.25, 0.3) is 0 Å². The second-order valence-electron chi connectivity index (χ2n) is 3.66. The summed E-state index contributed by atoms with van der Waals surface area (Å²) < 4.78 is 31.1. The van der Waals surface area contributed by atoms with E-state index in [1.54, 1.807) is 0 Å². The van der Waals surface area contributed by atoms with Crippen molar-refractivity contribution in [2.24, 2.45) is 5.84 Å². The summed E-state index contributed by atoms with van der Waals surface area (Å²) in [6, 6.07) is 4.58. The molecule has 0 atom stereocenters. The molecule has 0 amide bonds. The summed E-state index contributed by atoms with van der Waals surface area (Å²) in [4.78, 5) is 13.8. The number of hydrogen-bond acceptors (Lipinski definition) is 6. The van der Waals surface area contributed by atoms with Gasteiger partial charge >= 0.3 is 0 Å². The first kappa shape index (κ1) is 13.6. The summed E-state index contributed by atoms with van der Waals surface area (Å²) in [6.07, 6.45) is 0. The number of ether oxygens (including phenoxy) is 1. The molecule has 104 valence electrons. The monoisotopic (exact) mass is 282 g/mol. The van der Waals surface area contributed by atoms with Gasteiger partial charge < -0.3 is 10.2 Å². The number of nitrogen functional groups attached to an aromatic ring is 1. The average Bonchev–Trinajstić information content (AvgIpc) is 2.36. The Morgan fingerprint density at radius 1 is 1.20 bits per heavy atom. The number of anilines is 1. The van der Waals surface area contributed by atoms with Gasteiger partial charge in [-0.25, -0.2) is 14.6 Å². The highest BCUT2D eigenvalue weighted by atomic mass is 19.1. The Bertz CT molecular complexity index is 646. The Morgan fingerprint density at radius 3 is 2.40 bits per heavy atom. The van der Waals surface area contributed by atoms with Crippen LogP contribution in [0.15, 0.2) is 30.3 Å². The van der Waals surface area contributed by atoms with Gasteiger partial charge in [0, 0.05) is 18.2 Å². The summed E-state index contributed by atoms with van der Waals surface area (Å²) in [6.45, 7) is 0. The molecule has 0 bridgehead atoms. The fraction of sp³-hybridized carbons (Fsp3) is 0. The van der Waals surface area contributed by atoms with Crippen LogP contribution in [0, 0.1) is 21.7 Å². The van der Waals surface area contributed by atoms with E-state index in [9.17, 15) is 18.9 Å². The Balaban J connectivity index is 2.37. The molecule has 0 unspecified atom stereocenters. The van der Waals surface area contributed by atoms with Crippen molar-refractivity contribution < 1.29 is 18.4 Å². The van der Waals surface area contributed by atoms with Gasteiger partial charge in [0.25, 0.3) is 5.69 Å². The third kappa shape index (κ3) is 3.14. The molecule has 0 radical (unpaired) electrons. The van der Waals surface area contributed by atoms with Crippen molar-refractivity contribution >= 4 is 11.5 Å². The predicted octanol–water partition coefficient (Wildman–Crippen LogP) is 2.35. The maximum atomic E-state index is 13.0. The minimum atomic E-state index is -0.845. The lowest BCUT2D eigenvalue weighted by atomic mass is 10.3. The molecule has 0 aliphatic rings. The minimum Gasteiger partial charge on any atom is -0.438 e. The first-order valence-electron chi connectivity index (χ1n) is 5.25. The molecule has 0 spiro atoms. The van der Waals surface area contributed by atoms with E-state index < -0.39 is 16.6 Å². The highest BCUT2D eigenvalue weighted by Crippen LogP contribution is 2.26. The zero-order valence-electron chi connectivity index (χ0n) is 9.84. The molecule has 7 nitrogen and oxygen atoms in total. The van der Waals surface area contributed by atoms with Gasteiger partial charge in [-0.1, -0.05) is 0 Å².